The normalized spacial score (nSPS) is 32.1. The Morgan fingerprint density at radius 3 is 2.32 bits per heavy atom. The molecule has 0 aromatic heterocycles. The molecule has 1 heterocycles. The van der Waals surface area contributed by atoms with Gasteiger partial charge >= 0.3 is 5.97 Å². The van der Waals surface area contributed by atoms with Gasteiger partial charge in [0.05, 0.1) is 12.7 Å². The lowest BCUT2D eigenvalue weighted by molar-refractivity contribution is -0.147. The average molecular weight is 386 g/mol. The van der Waals surface area contributed by atoms with Crippen molar-refractivity contribution in [3.63, 3.8) is 0 Å². The maximum atomic E-state index is 13.0. The number of rotatable bonds is 5. The van der Waals surface area contributed by atoms with Gasteiger partial charge in [0, 0.05) is 5.41 Å². The standard InChI is InChI=1S/C22H26O6/c1-25-17-7-16(8-18-20(17)27-3-2-26-18)21(24)28-12-19(23)22-9-13-4-14(10-22)6-15(5-13)11-22/h7-8,13-15H,2-6,9-12H2,1H3. The van der Waals surface area contributed by atoms with Gasteiger partial charge in [0.2, 0.25) is 5.75 Å². The molecule has 1 aromatic rings. The Labute approximate surface area is 164 Å². The van der Waals surface area contributed by atoms with E-state index in [0.717, 1.165) is 19.3 Å². The van der Waals surface area contributed by atoms with Gasteiger partial charge < -0.3 is 18.9 Å². The number of Topliss-reactive ketones (excluding diaryl/α,β-unsaturated/α-hetero) is 1. The lowest BCUT2D eigenvalue weighted by Gasteiger charge is -2.55. The highest BCUT2D eigenvalue weighted by Gasteiger charge is 2.54. The molecule has 4 fully saturated rings. The molecule has 0 radical (unpaired) electrons. The van der Waals surface area contributed by atoms with Gasteiger partial charge in [0.15, 0.2) is 23.9 Å². The van der Waals surface area contributed by atoms with Crippen LogP contribution in [0.5, 0.6) is 17.2 Å². The Bertz CT molecular complexity index is 761. The first-order valence-electron chi connectivity index (χ1n) is 10.2. The minimum Gasteiger partial charge on any atom is -0.493 e. The molecule has 0 saturated heterocycles. The number of benzene rings is 1. The average Bonchev–Trinajstić information content (AvgIpc) is 2.69. The summed E-state index contributed by atoms with van der Waals surface area (Å²) in [5.41, 5.74) is 0.0545. The summed E-state index contributed by atoms with van der Waals surface area (Å²) < 4.78 is 21.9. The molecule has 1 aliphatic heterocycles. The third-order valence-electron chi connectivity index (χ3n) is 7.03. The zero-order chi connectivity index (χ0) is 19.3. The van der Waals surface area contributed by atoms with Crippen molar-refractivity contribution in [1.29, 1.82) is 0 Å². The Balaban J connectivity index is 1.28. The van der Waals surface area contributed by atoms with Crippen molar-refractivity contribution < 1.29 is 28.5 Å². The van der Waals surface area contributed by atoms with E-state index in [0.29, 0.717) is 53.8 Å². The van der Waals surface area contributed by atoms with Crippen LogP contribution in [0.4, 0.5) is 0 Å². The van der Waals surface area contributed by atoms with Crippen LogP contribution in [0.3, 0.4) is 0 Å². The Morgan fingerprint density at radius 2 is 1.68 bits per heavy atom. The summed E-state index contributed by atoms with van der Waals surface area (Å²) >= 11 is 0. The topological polar surface area (TPSA) is 71.1 Å². The van der Waals surface area contributed by atoms with E-state index in [1.807, 2.05) is 0 Å². The van der Waals surface area contributed by atoms with Gasteiger partial charge in [-0.3, -0.25) is 4.79 Å². The van der Waals surface area contributed by atoms with Crippen LogP contribution >= 0.6 is 0 Å². The van der Waals surface area contributed by atoms with E-state index in [1.165, 1.54) is 26.4 Å². The molecule has 0 amide bonds. The maximum absolute atomic E-state index is 13.0. The molecule has 0 atom stereocenters. The zero-order valence-electron chi connectivity index (χ0n) is 16.2. The van der Waals surface area contributed by atoms with Crippen molar-refractivity contribution in [2.45, 2.75) is 38.5 Å². The minimum atomic E-state index is -0.534. The Hall–Kier alpha value is -2.24. The van der Waals surface area contributed by atoms with Gasteiger partial charge in [-0.2, -0.15) is 0 Å². The molecule has 0 spiro atoms. The molecular weight excluding hydrogens is 360 g/mol. The third kappa shape index (κ3) is 2.93. The summed E-state index contributed by atoms with van der Waals surface area (Å²) in [4.78, 5) is 25.6. The van der Waals surface area contributed by atoms with E-state index >= 15 is 0 Å². The lowest BCUT2D eigenvalue weighted by Crippen LogP contribution is -2.51. The van der Waals surface area contributed by atoms with Gasteiger partial charge in [-0.05, 0) is 68.4 Å². The van der Waals surface area contributed by atoms with Crippen LogP contribution in [0.2, 0.25) is 0 Å². The SMILES string of the molecule is COc1cc(C(=O)OCC(=O)C23CC4CC(CC(C4)C2)C3)cc2c1OCCO2. The summed E-state index contributed by atoms with van der Waals surface area (Å²) in [6, 6.07) is 3.17. The fraction of sp³-hybridized carbons (Fsp3) is 0.636. The first kappa shape index (κ1) is 17.8. The van der Waals surface area contributed by atoms with Crippen LogP contribution in [0.1, 0.15) is 48.9 Å². The second-order valence-corrected chi connectivity index (χ2v) is 8.90. The maximum Gasteiger partial charge on any atom is 0.338 e. The van der Waals surface area contributed by atoms with Crippen LogP contribution < -0.4 is 14.2 Å². The van der Waals surface area contributed by atoms with E-state index in [9.17, 15) is 9.59 Å². The lowest BCUT2D eigenvalue weighted by atomic mass is 9.48. The van der Waals surface area contributed by atoms with E-state index in [1.54, 1.807) is 12.1 Å². The van der Waals surface area contributed by atoms with Crippen molar-refractivity contribution >= 4 is 11.8 Å². The smallest absolute Gasteiger partial charge is 0.338 e. The van der Waals surface area contributed by atoms with Gasteiger partial charge in [-0.1, -0.05) is 0 Å². The van der Waals surface area contributed by atoms with Crippen LogP contribution in [-0.2, 0) is 9.53 Å². The molecule has 150 valence electrons. The van der Waals surface area contributed by atoms with Crippen LogP contribution in [0.25, 0.3) is 0 Å². The third-order valence-corrected chi connectivity index (χ3v) is 7.03. The molecule has 6 nitrogen and oxygen atoms in total. The van der Waals surface area contributed by atoms with Crippen LogP contribution in [-0.4, -0.2) is 38.7 Å². The Kier molecular flexibility index (Phi) is 4.25. The number of fused-ring (bicyclic) bond motifs is 1. The van der Waals surface area contributed by atoms with Crippen LogP contribution in [0.15, 0.2) is 12.1 Å². The minimum absolute atomic E-state index is 0.101. The van der Waals surface area contributed by atoms with Crippen molar-refractivity contribution in [2.75, 3.05) is 26.9 Å². The van der Waals surface area contributed by atoms with E-state index in [4.69, 9.17) is 18.9 Å². The van der Waals surface area contributed by atoms with Gasteiger partial charge in [-0.25, -0.2) is 4.79 Å². The van der Waals surface area contributed by atoms with Crippen molar-refractivity contribution in [3.05, 3.63) is 17.7 Å². The number of hydrogen-bond donors (Lipinski definition) is 0. The second-order valence-electron chi connectivity index (χ2n) is 8.90. The summed E-state index contributed by atoms with van der Waals surface area (Å²) in [5.74, 6) is 3.02. The largest absolute Gasteiger partial charge is 0.493 e. The number of hydrogen-bond acceptors (Lipinski definition) is 6. The number of methoxy groups -OCH3 is 1. The monoisotopic (exact) mass is 386 g/mol. The van der Waals surface area contributed by atoms with Gasteiger partial charge in [-0.15, -0.1) is 0 Å². The molecule has 4 bridgehead atoms. The number of ketones is 1. The molecule has 0 unspecified atom stereocenters. The molecule has 1 aromatic carbocycles. The predicted molar refractivity (Wildman–Crippen MR) is 99.9 cm³/mol. The second kappa shape index (κ2) is 6.68. The molecule has 6 rings (SSSR count). The van der Waals surface area contributed by atoms with Gasteiger partial charge in [0.25, 0.3) is 0 Å². The fourth-order valence-electron chi connectivity index (χ4n) is 6.21. The predicted octanol–water partition coefficient (Wildman–Crippen LogP) is 3.41. The summed E-state index contributed by atoms with van der Waals surface area (Å²) in [5, 5.41) is 0. The number of esters is 1. The Morgan fingerprint density at radius 1 is 1.04 bits per heavy atom. The van der Waals surface area contributed by atoms with Crippen LogP contribution in [0, 0.1) is 23.2 Å². The molecule has 6 heteroatoms. The molecule has 4 saturated carbocycles. The van der Waals surface area contributed by atoms with Crippen molar-refractivity contribution in [3.8, 4) is 17.2 Å². The molecule has 0 N–H and O–H groups in total. The van der Waals surface area contributed by atoms with Crippen molar-refractivity contribution in [2.24, 2.45) is 23.2 Å². The zero-order valence-corrected chi connectivity index (χ0v) is 16.2. The highest BCUT2D eigenvalue weighted by atomic mass is 16.6. The summed E-state index contributed by atoms with van der Waals surface area (Å²) in [6.45, 7) is 0.702. The fourth-order valence-corrected chi connectivity index (χ4v) is 6.21. The number of carbonyl (C=O) groups excluding carboxylic acids is 2. The molecule has 5 aliphatic rings. The summed E-state index contributed by atoms with van der Waals surface area (Å²) in [6.07, 6.45) is 6.78. The first-order valence-corrected chi connectivity index (χ1v) is 10.2. The molecular formula is C22H26O6. The number of ether oxygens (including phenoxy) is 4. The summed E-state index contributed by atoms with van der Waals surface area (Å²) in [7, 11) is 1.51. The highest BCUT2D eigenvalue weighted by molar-refractivity contribution is 5.94. The molecule has 4 aliphatic carbocycles. The van der Waals surface area contributed by atoms with E-state index < -0.39 is 5.97 Å². The highest BCUT2D eigenvalue weighted by Crippen LogP contribution is 2.60. The number of carbonyl (C=O) groups is 2. The quantitative estimate of drug-likeness (QED) is 0.722. The molecule has 28 heavy (non-hydrogen) atoms. The van der Waals surface area contributed by atoms with E-state index in [2.05, 4.69) is 0 Å². The van der Waals surface area contributed by atoms with Gasteiger partial charge in [0.1, 0.15) is 13.2 Å². The first-order chi connectivity index (χ1) is 13.6. The van der Waals surface area contributed by atoms with Crippen molar-refractivity contribution in [1.82, 2.24) is 0 Å². The van der Waals surface area contributed by atoms with E-state index in [-0.39, 0.29) is 17.8 Å².